The molecule has 1 rings (SSSR count). The molecular weight excluding hydrogens is 1130 g/mol. The van der Waals surface area contributed by atoms with Crippen molar-refractivity contribution in [2.45, 2.75) is 324 Å². The molecule has 0 bridgehead atoms. The zero-order valence-electron chi connectivity index (χ0n) is 54.4. The minimum Gasteiger partial charge on any atom is -0.328 e. The Balaban J connectivity index is 2.32. The fourth-order valence-corrected chi connectivity index (χ4v) is 19.9. The van der Waals surface area contributed by atoms with Crippen LogP contribution >= 0.6 is 62.8 Å². The fourth-order valence-electron chi connectivity index (χ4n) is 11.9. The number of hydrogen-bond donors (Lipinski definition) is 0. The molecule has 0 aliphatic heterocycles. The van der Waals surface area contributed by atoms with Crippen molar-refractivity contribution in [2.75, 3.05) is 82.5 Å². The van der Waals surface area contributed by atoms with Crippen LogP contribution < -0.4 is 0 Å². The summed E-state index contributed by atoms with van der Waals surface area (Å²) in [5, 5.41) is 0. The molecule has 0 aromatic carbocycles. The maximum atomic E-state index is 5.93. The van der Waals surface area contributed by atoms with E-state index in [1.54, 1.807) is 0 Å². The van der Waals surface area contributed by atoms with E-state index in [1.165, 1.54) is 228 Å². The third-order valence-electron chi connectivity index (χ3n) is 15.9. The topological polar surface area (TPSA) is 83.1 Å². The average molecular weight is 1260 g/mol. The van der Waals surface area contributed by atoms with Gasteiger partial charge in [0, 0.05) is 102 Å². The highest BCUT2D eigenvalue weighted by Gasteiger charge is 2.34. The van der Waals surface area contributed by atoms with Crippen LogP contribution in [0.4, 0.5) is 0 Å². The van der Waals surface area contributed by atoms with Gasteiger partial charge in [-0.1, -0.05) is 210 Å². The van der Waals surface area contributed by atoms with Crippen molar-refractivity contribution in [2.24, 2.45) is 17.8 Å². The number of unbranched alkanes of at least 4 members (excludes halogenated alkanes) is 26. The van der Waals surface area contributed by atoms with Gasteiger partial charge >= 0.3 is 0 Å². The van der Waals surface area contributed by atoms with Crippen LogP contribution in [-0.4, -0.2) is 100 Å². The molecule has 1 saturated carbocycles. The average Bonchev–Trinajstić information content (AvgIpc) is 3.46. The van der Waals surface area contributed by atoms with E-state index >= 15 is 0 Å². The molecule has 3 unspecified atom stereocenters. The Morgan fingerprint density at radius 3 is 0.827 bits per heavy atom. The molecule has 1 aliphatic carbocycles. The van der Waals surface area contributed by atoms with Crippen molar-refractivity contribution in [1.29, 1.82) is 0 Å². The third-order valence-corrected chi connectivity index (χ3v) is 24.6. The lowest BCUT2D eigenvalue weighted by molar-refractivity contribution is -0.380. The van der Waals surface area contributed by atoms with E-state index in [0.717, 1.165) is 56.3 Å². The van der Waals surface area contributed by atoms with Crippen LogP contribution in [0.3, 0.4) is 0 Å². The molecule has 9 nitrogen and oxygen atoms in total. The van der Waals surface area contributed by atoms with Crippen LogP contribution in [0.15, 0.2) is 0 Å². The second-order valence-corrected chi connectivity index (χ2v) is 31.4. The molecular formula is C66H132O9S6. The molecule has 81 heavy (non-hydrogen) atoms. The molecule has 15 heteroatoms. The quantitative estimate of drug-likeness (QED) is 0.0329. The summed E-state index contributed by atoms with van der Waals surface area (Å²) in [4.78, 5) is 0. The molecule has 0 aromatic rings. The Kier molecular flexibility index (Phi) is 59.2. The van der Waals surface area contributed by atoms with Crippen LogP contribution in [-0.2, 0) is 42.6 Å². The van der Waals surface area contributed by atoms with E-state index in [2.05, 4.69) is 62.8 Å². The Labute approximate surface area is 526 Å². The molecule has 0 aromatic heterocycles. The van der Waals surface area contributed by atoms with Gasteiger partial charge in [-0.25, -0.2) is 0 Å². The van der Waals surface area contributed by atoms with Gasteiger partial charge in [0.05, 0.1) is 0 Å². The van der Waals surface area contributed by atoms with Gasteiger partial charge in [0.1, 0.15) is 0 Å². The summed E-state index contributed by atoms with van der Waals surface area (Å²) >= 11 is 0. The van der Waals surface area contributed by atoms with E-state index in [4.69, 9.17) is 42.6 Å². The Morgan fingerprint density at radius 1 is 0.259 bits per heavy atom. The van der Waals surface area contributed by atoms with Crippen LogP contribution in [0.1, 0.15) is 306 Å². The van der Waals surface area contributed by atoms with E-state index in [0.29, 0.717) is 59.5 Å². The summed E-state index contributed by atoms with van der Waals surface area (Å²) in [6.45, 7) is 23.7. The Bertz CT molecular complexity index is 1230. The molecule has 0 spiro atoms. The van der Waals surface area contributed by atoms with E-state index < -0.39 is 17.9 Å². The maximum absolute atomic E-state index is 5.93. The lowest BCUT2D eigenvalue weighted by Crippen LogP contribution is -2.39. The normalized spacial score (nSPS) is 16.3. The molecule has 1 aliphatic rings. The first-order chi connectivity index (χ1) is 39.8. The second kappa shape index (κ2) is 59.4. The first-order valence-corrected chi connectivity index (χ1v) is 42.0. The van der Waals surface area contributed by atoms with Gasteiger partial charge in [-0.15, -0.1) is 0 Å². The van der Waals surface area contributed by atoms with Crippen LogP contribution in [0, 0.1) is 17.8 Å². The van der Waals surface area contributed by atoms with Crippen molar-refractivity contribution >= 4 is 62.8 Å². The molecule has 0 amide bonds. The Morgan fingerprint density at radius 2 is 0.519 bits per heavy atom. The maximum Gasteiger partial charge on any atom is 0.282 e. The zero-order valence-corrected chi connectivity index (χ0v) is 59.3. The summed E-state index contributed by atoms with van der Waals surface area (Å²) in [5.74, 6) is 5.54. The highest BCUT2D eigenvalue weighted by molar-refractivity contribution is 9.09. The smallest absolute Gasteiger partial charge is 0.282 e. The molecule has 0 heterocycles. The molecule has 486 valence electrons. The van der Waals surface area contributed by atoms with Gasteiger partial charge < -0.3 is 42.6 Å². The van der Waals surface area contributed by atoms with E-state index in [9.17, 15) is 0 Å². The minimum absolute atomic E-state index is 0.611. The number of rotatable bonds is 66. The van der Waals surface area contributed by atoms with Crippen LogP contribution in [0.5, 0.6) is 0 Å². The zero-order chi connectivity index (χ0) is 58.9. The highest BCUT2D eigenvalue weighted by Crippen LogP contribution is 2.44. The minimum atomic E-state index is -0.846. The monoisotopic (exact) mass is 1260 g/mol. The highest BCUT2D eigenvalue weighted by atomic mass is 33.5. The molecule has 1 fully saturated rings. The van der Waals surface area contributed by atoms with Crippen molar-refractivity contribution in [3.05, 3.63) is 0 Å². The first-order valence-electron chi connectivity index (χ1n) is 34.4. The van der Waals surface area contributed by atoms with Crippen LogP contribution in [0.25, 0.3) is 0 Å². The first kappa shape index (κ1) is 80.8. The lowest BCUT2D eigenvalue weighted by Gasteiger charge is -2.36. The van der Waals surface area contributed by atoms with Gasteiger partial charge in [-0.05, 0) is 158 Å². The lowest BCUT2D eigenvalue weighted by atomic mass is 9.70. The van der Waals surface area contributed by atoms with Gasteiger partial charge in [0.2, 0.25) is 0 Å². The van der Waals surface area contributed by atoms with Gasteiger partial charge in [0.25, 0.3) is 17.9 Å². The number of hydrogen-bond acceptors (Lipinski definition) is 15. The van der Waals surface area contributed by atoms with Crippen molar-refractivity contribution in [3.63, 3.8) is 0 Å². The summed E-state index contributed by atoms with van der Waals surface area (Å²) in [5.41, 5.74) is 0. The SMILES string of the molecule is CCOC(CCCCCCCCCCCCSSSCCC1CCC(CCCCCCCCCCCC(OCC)(OCC)OCC)C(CCSSSCCCCCCCCCCCCC(OCC)(OCC)OCC)C1)(OCC)OCC. The fraction of sp³-hybridized carbons (Fsp3) is 1.00. The third kappa shape index (κ3) is 44.8. The number of ether oxygens (including phenoxy) is 9. The van der Waals surface area contributed by atoms with Gasteiger partial charge in [-0.3, -0.25) is 0 Å². The van der Waals surface area contributed by atoms with E-state index in [1.807, 2.05) is 62.3 Å². The molecule has 0 N–H and O–H groups in total. The van der Waals surface area contributed by atoms with Gasteiger partial charge in [0.15, 0.2) is 0 Å². The largest absolute Gasteiger partial charge is 0.328 e. The molecule has 0 radical (unpaired) electrons. The summed E-state index contributed by atoms with van der Waals surface area (Å²) in [7, 11) is 12.7. The summed E-state index contributed by atoms with van der Waals surface area (Å²) in [6.07, 6.45) is 49.7. The second-order valence-electron chi connectivity index (χ2n) is 22.4. The molecule has 3 atom stereocenters. The van der Waals surface area contributed by atoms with Crippen LogP contribution in [0.2, 0.25) is 0 Å². The predicted octanol–water partition coefficient (Wildman–Crippen LogP) is 23.0. The van der Waals surface area contributed by atoms with Gasteiger partial charge in [-0.2, -0.15) is 0 Å². The van der Waals surface area contributed by atoms with Crippen molar-refractivity contribution < 1.29 is 42.6 Å². The Hall–Kier alpha value is 1.74. The predicted molar refractivity (Wildman–Crippen MR) is 364 cm³/mol. The van der Waals surface area contributed by atoms with Crippen molar-refractivity contribution in [1.82, 2.24) is 0 Å². The molecule has 0 saturated heterocycles. The summed E-state index contributed by atoms with van der Waals surface area (Å²) in [6, 6.07) is 0. The van der Waals surface area contributed by atoms with E-state index in [-0.39, 0.29) is 0 Å². The van der Waals surface area contributed by atoms with Crippen molar-refractivity contribution in [3.8, 4) is 0 Å². The standard InChI is InChI=1S/C66H132O9S6/c1-10-67-64(68-11-2,69-12-3)53-43-37-31-25-19-21-28-34-40-46-56-76-80-78-58-51-61-49-50-62(48-42-36-30-24-23-27-33-39-45-55-66(73-16-7,74-17-8)75-18-9)63(60-61)52-59-79-81-77-57-47-41-35-29-22-20-26-32-38-44-54-65(70-13-4,71-14-5)72-15-6/h61-63H,10-60H2,1-9H3. The summed E-state index contributed by atoms with van der Waals surface area (Å²) < 4.78 is 53.2.